The molecule has 15 heavy (non-hydrogen) atoms. The second kappa shape index (κ2) is 2.89. The molecule has 0 radical (unpaired) electrons. The van der Waals surface area contributed by atoms with Gasteiger partial charge in [0.25, 0.3) is 0 Å². The highest BCUT2D eigenvalue weighted by atomic mass is 19.1. The zero-order valence-electron chi connectivity index (χ0n) is 7.93. The van der Waals surface area contributed by atoms with E-state index in [1.807, 2.05) is 12.1 Å². The van der Waals surface area contributed by atoms with Crippen molar-refractivity contribution in [1.29, 1.82) is 0 Å². The van der Waals surface area contributed by atoms with Gasteiger partial charge in [-0.2, -0.15) is 0 Å². The van der Waals surface area contributed by atoms with Crippen LogP contribution in [0.2, 0.25) is 0 Å². The number of hydrogen-bond acceptors (Lipinski definition) is 0. The van der Waals surface area contributed by atoms with E-state index in [1.54, 1.807) is 12.1 Å². The summed E-state index contributed by atoms with van der Waals surface area (Å²) in [6, 6.07) is 9.77. The van der Waals surface area contributed by atoms with Crippen LogP contribution >= 0.6 is 0 Å². The van der Waals surface area contributed by atoms with Gasteiger partial charge in [0.2, 0.25) is 0 Å². The molecule has 0 saturated carbocycles. The van der Waals surface area contributed by atoms with E-state index >= 15 is 0 Å². The molecule has 2 aromatic carbocycles. The molecule has 2 heteroatoms. The Morgan fingerprint density at radius 1 is 0.733 bits per heavy atom. The minimum Gasteiger partial charge on any atom is -0.206 e. The van der Waals surface area contributed by atoms with Gasteiger partial charge in [-0.1, -0.05) is 24.3 Å². The predicted octanol–water partition coefficient (Wildman–Crippen LogP) is 3.54. The smallest absolute Gasteiger partial charge is 0.131 e. The Morgan fingerprint density at radius 3 is 1.67 bits per heavy atom. The zero-order chi connectivity index (χ0) is 10.4. The number of hydrogen-bond donors (Lipinski definition) is 0. The molecule has 0 aromatic heterocycles. The molecule has 74 valence electrons. The van der Waals surface area contributed by atoms with Gasteiger partial charge in [0.05, 0.1) is 0 Å². The average molecular weight is 202 g/mol. The van der Waals surface area contributed by atoms with Crippen molar-refractivity contribution in [2.75, 3.05) is 0 Å². The second-order valence-electron chi connectivity index (χ2n) is 3.72. The van der Waals surface area contributed by atoms with Crippen LogP contribution in [0.25, 0.3) is 11.1 Å². The first-order chi connectivity index (χ1) is 7.27. The molecule has 0 atom stereocenters. The van der Waals surface area contributed by atoms with Crippen molar-refractivity contribution in [2.45, 2.75) is 6.42 Å². The monoisotopic (exact) mass is 202 g/mol. The predicted molar refractivity (Wildman–Crippen MR) is 54.6 cm³/mol. The molecule has 0 aliphatic heterocycles. The van der Waals surface area contributed by atoms with Gasteiger partial charge in [0.1, 0.15) is 11.6 Å². The molecule has 2 aromatic rings. The first-order valence-corrected chi connectivity index (χ1v) is 4.82. The number of halogens is 2. The maximum atomic E-state index is 13.6. The lowest BCUT2D eigenvalue weighted by atomic mass is 10.0. The fraction of sp³-hybridized carbons (Fsp3) is 0.0769. The van der Waals surface area contributed by atoms with Gasteiger partial charge < -0.3 is 0 Å². The highest BCUT2D eigenvalue weighted by Gasteiger charge is 2.24. The van der Waals surface area contributed by atoms with E-state index in [0.29, 0.717) is 17.5 Å². The molecule has 0 saturated heterocycles. The molecule has 1 aliphatic carbocycles. The molecular weight excluding hydrogens is 194 g/mol. The Hall–Kier alpha value is -1.70. The number of benzene rings is 2. The van der Waals surface area contributed by atoms with Crippen LogP contribution in [-0.2, 0) is 6.42 Å². The van der Waals surface area contributed by atoms with E-state index in [0.717, 1.165) is 11.1 Å². The third kappa shape index (κ3) is 1.11. The van der Waals surface area contributed by atoms with Gasteiger partial charge in [-0.05, 0) is 29.7 Å². The minimum absolute atomic E-state index is 0.337. The highest BCUT2D eigenvalue weighted by molar-refractivity contribution is 5.77. The van der Waals surface area contributed by atoms with E-state index in [9.17, 15) is 8.78 Å². The van der Waals surface area contributed by atoms with Crippen LogP contribution in [-0.4, -0.2) is 0 Å². The van der Waals surface area contributed by atoms with E-state index < -0.39 is 0 Å². The van der Waals surface area contributed by atoms with Crippen molar-refractivity contribution in [2.24, 2.45) is 0 Å². The van der Waals surface area contributed by atoms with E-state index in [-0.39, 0.29) is 11.6 Å². The maximum absolute atomic E-state index is 13.6. The van der Waals surface area contributed by atoms with E-state index in [4.69, 9.17) is 0 Å². The first kappa shape index (κ1) is 8.60. The second-order valence-corrected chi connectivity index (χ2v) is 3.72. The summed E-state index contributed by atoms with van der Waals surface area (Å²) in [5.41, 5.74) is 2.61. The summed E-state index contributed by atoms with van der Waals surface area (Å²) in [5, 5.41) is 0. The highest BCUT2D eigenvalue weighted by Crippen LogP contribution is 2.39. The van der Waals surface area contributed by atoms with Crippen LogP contribution in [0.3, 0.4) is 0 Å². The Kier molecular flexibility index (Phi) is 1.66. The minimum atomic E-state index is -0.337. The van der Waals surface area contributed by atoms with E-state index in [2.05, 4.69) is 0 Å². The van der Waals surface area contributed by atoms with Crippen molar-refractivity contribution in [3.05, 3.63) is 59.2 Å². The summed E-state index contributed by atoms with van der Waals surface area (Å²) in [5.74, 6) is -0.673. The lowest BCUT2D eigenvalue weighted by Crippen LogP contribution is -1.87. The van der Waals surface area contributed by atoms with Crippen molar-refractivity contribution in [3.8, 4) is 11.1 Å². The third-order valence-electron chi connectivity index (χ3n) is 2.83. The van der Waals surface area contributed by atoms with Gasteiger partial charge in [-0.3, -0.25) is 0 Å². The summed E-state index contributed by atoms with van der Waals surface area (Å²) in [6.07, 6.45) is 0.625. The van der Waals surface area contributed by atoms with Crippen molar-refractivity contribution >= 4 is 0 Å². The summed E-state index contributed by atoms with van der Waals surface area (Å²) in [4.78, 5) is 0. The van der Waals surface area contributed by atoms with Crippen LogP contribution in [0, 0.1) is 11.6 Å². The summed E-state index contributed by atoms with van der Waals surface area (Å²) in [6.45, 7) is 0. The van der Waals surface area contributed by atoms with Gasteiger partial charge in [0, 0.05) is 11.1 Å². The third-order valence-corrected chi connectivity index (χ3v) is 2.83. The largest absolute Gasteiger partial charge is 0.206 e. The van der Waals surface area contributed by atoms with Crippen molar-refractivity contribution in [3.63, 3.8) is 0 Å². The Morgan fingerprint density at radius 2 is 1.20 bits per heavy atom. The Balaban J connectivity index is 2.39. The lowest BCUT2D eigenvalue weighted by molar-refractivity contribution is 0.617. The van der Waals surface area contributed by atoms with Crippen LogP contribution in [0.5, 0.6) is 0 Å². The molecule has 1 aliphatic rings. The van der Waals surface area contributed by atoms with Crippen molar-refractivity contribution < 1.29 is 8.78 Å². The lowest BCUT2D eigenvalue weighted by Gasteiger charge is -2.03. The first-order valence-electron chi connectivity index (χ1n) is 4.82. The molecule has 3 rings (SSSR count). The molecule has 0 fully saturated rings. The van der Waals surface area contributed by atoms with Crippen LogP contribution in [0.1, 0.15) is 11.1 Å². The normalized spacial score (nSPS) is 12.4. The van der Waals surface area contributed by atoms with Crippen LogP contribution in [0.4, 0.5) is 8.78 Å². The van der Waals surface area contributed by atoms with Gasteiger partial charge >= 0.3 is 0 Å². The standard InChI is InChI=1S/C13H8F2/c14-10-5-1-3-8-7-9-4-2-6-11(15)13(9)12(8)10/h1-6H,7H2. The van der Waals surface area contributed by atoms with Gasteiger partial charge in [0.15, 0.2) is 0 Å². The van der Waals surface area contributed by atoms with Crippen LogP contribution in [0.15, 0.2) is 36.4 Å². The summed E-state index contributed by atoms with van der Waals surface area (Å²) < 4.78 is 27.2. The van der Waals surface area contributed by atoms with Gasteiger partial charge in [-0.25, -0.2) is 8.78 Å². The molecule has 0 bridgehead atoms. The molecule has 0 spiro atoms. The zero-order valence-corrected chi connectivity index (χ0v) is 7.93. The molecular formula is C13H8F2. The SMILES string of the molecule is Fc1cccc2c1-c1c(F)cccc1C2. The molecule has 0 heterocycles. The number of rotatable bonds is 0. The quantitative estimate of drug-likeness (QED) is 0.523. The summed E-state index contributed by atoms with van der Waals surface area (Å²) >= 11 is 0. The maximum Gasteiger partial charge on any atom is 0.131 e. The fourth-order valence-corrected chi connectivity index (χ4v) is 2.20. The molecule has 0 unspecified atom stereocenters. The van der Waals surface area contributed by atoms with Crippen molar-refractivity contribution in [1.82, 2.24) is 0 Å². The average Bonchev–Trinajstić information content (AvgIpc) is 2.58. The fourth-order valence-electron chi connectivity index (χ4n) is 2.20. The Bertz CT molecular complexity index is 495. The van der Waals surface area contributed by atoms with E-state index in [1.165, 1.54) is 12.1 Å². The Labute approximate surface area is 86.2 Å². The topological polar surface area (TPSA) is 0 Å². The van der Waals surface area contributed by atoms with Gasteiger partial charge in [-0.15, -0.1) is 0 Å². The van der Waals surface area contributed by atoms with Crippen LogP contribution < -0.4 is 0 Å². The number of fused-ring (bicyclic) bond motifs is 3. The summed E-state index contributed by atoms with van der Waals surface area (Å²) in [7, 11) is 0. The molecule has 0 N–H and O–H groups in total. The molecule has 0 amide bonds. The molecule has 0 nitrogen and oxygen atoms in total.